The lowest BCUT2D eigenvalue weighted by atomic mass is 9.67. The molecule has 0 radical (unpaired) electrons. The second-order valence-electron chi connectivity index (χ2n) is 10.2. The normalized spacial score (nSPS) is 16.8. The van der Waals surface area contributed by atoms with Crippen molar-refractivity contribution in [2.24, 2.45) is 0 Å². The smallest absolute Gasteiger partial charge is 0.164 e. The number of unbranched alkanes of at least 4 members (excludes halogenated alkanes) is 1. The maximum atomic E-state index is 4.62. The van der Waals surface area contributed by atoms with E-state index in [1.165, 1.54) is 69.6 Å². The number of hydrogen-bond donors (Lipinski definition) is 0. The SMILES string of the molecule is C=C1[n+]2ccccc2-c2cc3c(cc2C1(CC)CC)-c1ccc(CCCC)cc1C3(C)C. The number of pyridine rings is 1. The van der Waals surface area contributed by atoms with Crippen molar-refractivity contribution >= 4 is 5.70 Å². The quantitative estimate of drug-likeness (QED) is 0.369. The van der Waals surface area contributed by atoms with Crippen LogP contribution in [0.2, 0.25) is 0 Å². The van der Waals surface area contributed by atoms with Gasteiger partial charge < -0.3 is 0 Å². The van der Waals surface area contributed by atoms with Crippen LogP contribution in [-0.4, -0.2) is 0 Å². The Hall–Kier alpha value is -2.67. The minimum atomic E-state index is -0.0304. The van der Waals surface area contributed by atoms with Crippen molar-refractivity contribution in [1.82, 2.24) is 0 Å². The van der Waals surface area contributed by atoms with Gasteiger partial charge in [0.1, 0.15) is 0 Å². The van der Waals surface area contributed by atoms with E-state index >= 15 is 0 Å². The first-order chi connectivity index (χ1) is 15.4. The maximum Gasteiger partial charge on any atom is 0.218 e. The highest BCUT2D eigenvalue weighted by molar-refractivity contribution is 5.86. The Morgan fingerprint density at radius 3 is 2.25 bits per heavy atom. The van der Waals surface area contributed by atoms with Crippen molar-refractivity contribution in [1.29, 1.82) is 0 Å². The zero-order valence-electron chi connectivity index (χ0n) is 20.4. The Labute approximate surface area is 193 Å². The Morgan fingerprint density at radius 2 is 1.53 bits per heavy atom. The molecule has 0 amide bonds. The van der Waals surface area contributed by atoms with E-state index in [-0.39, 0.29) is 10.8 Å². The molecule has 1 aromatic heterocycles. The monoisotopic (exact) mass is 422 g/mol. The number of benzene rings is 2. The van der Waals surface area contributed by atoms with Gasteiger partial charge >= 0.3 is 0 Å². The van der Waals surface area contributed by atoms with Crippen molar-refractivity contribution in [3.63, 3.8) is 0 Å². The van der Waals surface area contributed by atoms with Crippen LogP contribution in [0.1, 0.15) is 82.6 Å². The first kappa shape index (κ1) is 21.2. The lowest BCUT2D eigenvalue weighted by Crippen LogP contribution is -2.48. The van der Waals surface area contributed by atoms with Crippen LogP contribution in [-0.2, 0) is 17.3 Å². The fourth-order valence-corrected chi connectivity index (χ4v) is 6.30. The van der Waals surface area contributed by atoms with Crippen molar-refractivity contribution in [2.75, 3.05) is 0 Å². The molecule has 0 atom stereocenters. The molecule has 0 bridgehead atoms. The molecule has 0 saturated carbocycles. The van der Waals surface area contributed by atoms with Crippen LogP contribution in [0.25, 0.3) is 28.1 Å². The van der Waals surface area contributed by atoms with Crippen LogP contribution in [0.5, 0.6) is 0 Å². The standard InChI is InChI=1S/C31H36N/c1-7-10-13-22-15-16-23-24-19-28-25(20-27(24)30(5,6)26(23)18-22)29-14-11-12-17-32(29)21(4)31(28,8-2)9-3/h11-12,14-20H,4,7-10,13H2,1-3,5-6H3/q+1. The molecule has 0 fully saturated rings. The van der Waals surface area contributed by atoms with Gasteiger partial charge in [-0.05, 0) is 83.8 Å². The summed E-state index contributed by atoms with van der Waals surface area (Å²) in [7, 11) is 0. The minimum Gasteiger partial charge on any atom is -0.164 e. The van der Waals surface area contributed by atoms with Crippen molar-refractivity contribution in [3.05, 3.63) is 83.6 Å². The van der Waals surface area contributed by atoms with Gasteiger partial charge in [0.15, 0.2) is 11.9 Å². The molecule has 2 aliphatic rings. The first-order valence-corrected chi connectivity index (χ1v) is 12.4. The summed E-state index contributed by atoms with van der Waals surface area (Å²) in [5.41, 5.74) is 12.6. The molecule has 0 saturated heterocycles. The molecule has 1 aliphatic carbocycles. The fraction of sp³-hybridized carbons (Fsp3) is 0.387. The molecule has 1 aliphatic heterocycles. The molecule has 5 rings (SSSR count). The highest BCUT2D eigenvalue weighted by Gasteiger charge is 2.47. The first-order valence-electron chi connectivity index (χ1n) is 12.4. The average Bonchev–Trinajstić information content (AvgIpc) is 3.04. The van der Waals surface area contributed by atoms with Crippen LogP contribution >= 0.6 is 0 Å². The van der Waals surface area contributed by atoms with E-state index in [0.717, 1.165) is 12.8 Å². The lowest BCUT2D eigenvalue weighted by molar-refractivity contribution is -0.577. The van der Waals surface area contributed by atoms with Gasteiger partial charge in [-0.3, -0.25) is 0 Å². The van der Waals surface area contributed by atoms with E-state index in [4.69, 9.17) is 0 Å². The predicted molar refractivity (Wildman–Crippen MR) is 136 cm³/mol. The second kappa shape index (κ2) is 7.44. The number of rotatable bonds is 5. The zero-order chi connectivity index (χ0) is 22.7. The van der Waals surface area contributed by atoms with E-state index in [1.807, 2.05) is 0 Å². The lowest BCUT2D eigenvalue weighted by Gasteiger charge is -2.36. The highest BCUT2D eigenvalue weighted by Crippen LogP contribution is 2.54. The summed E-state index contributed by atoms with van der Waals surface area (Å²) in [5.74, 6) is 0. The van der Waals surface area contributed by atoms with Gasteiger partial charge in [-0.25, -0.2) is 0 Å². The van der Waals surface area contributed by atoms with E-state index in [2.05, 4.69) is 100 Å². The summed E-state index contributed by atoms with van der Waals surface area (Å²) in [6.07, 6.45) is 7.97. The minimum absolute atomic E-state index is 0.0110. The van der Waals surface area contributed by atoms with Gasteiger partial charge in [0, 0.05) is 17.5 Å². The molecule has 0 unspecified atom stereocenters. The third-order valence-electron chi connectivity index (χ3n) is 8.40. The molecule has 1 heteroatoms. The van der Waals surface area contributed by atoms with Gasteiger partial charge in [0.05, 0.1) is 11.0 Å². The highest BCUT2D eigenvalue weighted by atomic mass is 15.0. The Morgan fingerprint density at radius 1 is 0.812 bits per heavy atom. The Kier molecular flexibility index (Phi) is 4.93. The van der Waals surface area contributed by atoms with E-state index in [9.17, 15) is 0 Å². The summed E-state index contributed by atoms with van der Waals surface area (Å²) in [6, 6.07) is 18.8. The van der Waals surface area contributed by atoms with E-state index in [1.54, 1.807) is 0 Å². The number of allylic oxidation sites excluding steroid dienone is 1. The molecular formula is C31H36N+. The van der Waals surface area contributed by atoms with Gasteiger partial charge in [-0.1, -0.05) is 59.2 Å². The van der Waals surface area contributed by atoms with Crippen molar-refractivity contribution < 1.29 is 4.57 Å². The number of nitrogens with zero attached hydrogens (tertiary/aromatic N) is 1. The predicted octanol–water partition coefficient (Wildman–Crippen LogP) is 7.83. The molecule has 0 spiro atoms. The fourth-order valence-electron chi connectivity index (χ4n) is 6.30. The van der Waals surface area contributed by atoms with E-state index < -0.39 is 0 Å². The molecule has 32 heavy (non-hydrogen) atoms. The third kappa shape index (κ3) is 2.73. The van der Waals surface area contributed by atoms with Gasteiger partial charge in [0.2, 0.25) is 5.69 Å². The van der Waals surface area contributed by atoms with Gasteiger partial charge in [0.25, 0.3) is 0 Å². The van der Waals surface area contributed by atoms with Crippen molar-refractivity contribution in [3.8, 4) is 22.4 Å². The van der Waals surface area contributed by atoms with Crippen LogP contribution < -0.4 is 4.57 Å². The third-order valence-corrected chi connectivity index (χ3v) is 8.40. The maximum absolute atomic E-state index is 4.62. The number of aryl methyl sites for hydroxylation is 1. The molecule has 2 aromatic carbocycles. The van der Waals surface area contributed by atoms with Crippen LogP contribution in [0, 0.1) is 0 Å². The van der Waals surface area contributed by atoms with E-state index in [0.29, 0.717) is 0 Å². The topological polar surface area (TPSA) is 3.88 Å². The summed E-state index contributed by atoms with van der Waals surface area (Å²) < 4.78 is 2.33. The second-order valence-corrected chi connectivity index (χ2v) is 10.2. The summed E-state index contributed by atoms with van der Waals surface area (Å²) in [5, 5.41) is 0. The molecule has 3 aromatic rings. The Balaban J connectivity index is 1.78. The largest absolute Gasteiger partial charge is 0.218 e. The molecule has 2 heterocycles. The van der Waals surface area contributed by atoms with Gasteiger partial charge in [-0.15, -0.1) is 0 Å². The summed E-state index contributed by atoms with van der Waals surface area (Å²) in [6.45, 7) is 16.3. The molecular weight excluding hydrogens is 386 g/mol. The molecule has 164 valence electrons. The zero-order valence-corrected chi connectivity index (χ0v) is 20.4. The van der Waals surface area contributed by atoms with Crippen LogP contribution in [0.4, 0.5) is 0 Å². The molecule has 1 nitrogen and oxygen atoms in total. The van der Waals surface area contributed by atoms with Crippen LogP contribution in [0.3, 0.4) is 0 Å². The molecule has 0 N–H and O–H groups in total. The number of hydrogen-bond acceptors (Lipinski definition) is 0. The Bertz CT molecular complexity index is 1220. The number of fused-ring (bicyclic) bond motifs is 6. The number of aromatic nitrogens is 1. The summed E-state index contributed by atoms with van der Waals surface area (Å²) in [4.78, 5) is 0. The van der Waals surface area contributed by atoms with Gasteiger partial charge in [-0.2, -0.15) is 4.57 Å². The van der Waals surface area contributed by atoms with Crippen molar-refractivity contribution in [2.45, 2.75) is 77.6 Å². The van der Waals surface area contributed by atoms with Crippen LogP contribution in [0.15, 0.2) is 61.3 Å². The summed E-state index contributed by atoms with van der Waals surface area (Å²) >= 11 is 0. The average molecular weight is 423 g/mol.